The van der Waals surface area contributed by atoms with Gasteiger partial charge in [0.25, 0.3) is 5.56 Å². The van der Waals surface area contributed by atoms with E-state index in [1.165, 1.54) is 4.68 Å². The predicted molar refractivity (Wildman–Crippen MR) is 125 cm³/mol. The van der Waals surface area contributed by atoms with Gasteiger partial charge in [-0.2, -0.15) is 0 Å². The molecule has 1 unspecified atom stereocenters. The van der Waals surface area contributed by atoms with Crippen LogP contribution in [0.2, 0.25) is 0 Å². The number of fused-ring (bicyclic) bond motifs is 1. The average molecular weight is 465 g/mol. The van der Waals surface area contributed by atoms with Crippen molar-refractivity contribution in [3.8, 4) is 0 Å². The summed E-state index contributed by atoms with van der Waals surface area (Å²) >= 11 is 0. The number of H-pyrrole nitrogens is 1. The van der Waals surface area contributed by atoms with Gasteiger partial charge in [0.1, 0.15) is 12.3 Å². The number of furan rings is 1. The van der Waals surface area contributed by atoms with E-state index in [0.29, 0.717) is 30.9 Å². The highest BCUT2D eigenvalue weighted by atomic mass is 16.5. The van der Waals surface area contributed by atoms with Crippen molar-refractivity contribution in [1.82, 2.24) is 30.1 Å². The molecule has 4 aromatic rings. The molecule has 0 aliphatic rings. The number of tetrazole rings is 1. The van der Waals surface area contributed by atoms with Crippen molar-refractivity contribution < 1.29 is 13.9 Å². The van der Waals surface area contributed by atoms with E-state index in [1.807, 2.05) is 50.2 Å². The van der Waals surface area contributed by atoms with Crippen LogP contribution in [0.15, 0.2) is 51.9 Å². The zero-order valence-corrected chi connectivity index (χ0v) is 19.5. The minimum Gasteiger partial charge on any atom is -0.468 e. The summed E-state index contributed by atoms with van der Waals surface area (Å²) in [6.45, 7) is 6.75. The number of esters is 1. The van der Waals surface area contributed by atoms with Gasteiger partial charge in [0.15, 0.2) is 5.82 Å². The largest absolute Gasteiger partial charge is 0.468 e. The van der Waals surface area contributed by atoms with Crippen LogP contribution in [-0.2, 0) is 29.2 Å². The molecular formula is C24H28N6O4. The fraction of sp³-hybridized carbons (Fsp3) is 0.375. The van der Waals surface area contributed by atoms with Gasteiger partial charge < -0.3 is 14.1 Å². The van der Waals surface area contributed by atoms with Gasteiger partial charge in [0.05, 0.1) is 25.5 Å². The number of ether oxygens (including phenoxy) is 1. The zero-order valence-electron chi connectivity index (χ0n) is 19.5. The third-order valence-corrected chi connectivity index (χ3v) is 5.66. The highest BCUT2D eigenvalue weighted by Gasteiger charge is 2.27. The maximum atomic E-state index is 12.9. The van der Waals surface area contributed by atoms with E-state index >= 15 is 0 Å². The molecule has 3 heterocycles. The van der Waals surface area contributed by atoms with Gasteiger partial charge in [-0.1, -0.05) is 18.6 Å². The predicted octanol–water partition coefficient (Wildman–Crippen LogP) is 3.13. The van der Waals surface area contributed by atoms with Gasteiger partial charge in [0.2, 0.25) is 0 Å². The molecule has 1 aromatic carbocycles. The Bertz CT molecular complexity index is 1310. The van der Waals surface area contributed by atoms with E-state index in [1.54, 1.807) is 13.2 Å². The number of pyridine rings is 1. The minimum absolute atomic E-state index is 0.0862. The number of aromatic amines is 1. The van der Waals surface area contributed by atoms with E-state index < -0.39 is 5.97 Å². The van der Waals surface area contributed by atoms with E-state index in [4.69, 9.17) is 9.15 Å². The van der Waals surface area contributed by atoms with Gasteiger partial charge in [-0.25, -0.2) is 4.68 Å². The molecule has 10 nitrogen and oxygen atoms in total. The van der Waals surface area contributed by atoms with Crippen molar-refractivity contribution in [2.45, 2.75) is 52.9 Å². The normalized spacial score (nSPS) is 12.4. The van der Waals surface area contributed by atoms with Crippen LogP contribution in [0.3, 0.4) is 0 Å². The Hall–Kier alpha value is -3.79. The second kappa shape index (κ2) is 10.4. The SMILES string of the molecule is CCOC(=O)Cn1nnnc1C(CC)N(Cc1ccco1)Cc1cc2cc(C)ccc2[nH]c1=O. The van der Waals surface area contributed by atoms with Crippen molar-refractivity contribution in [3.05, 3.63) is 75.7 Å². The molecular weight excluding hydrogens is 436 g/mol. The molecule has 0 aliphatic carbocycles. The standard InChI is InChI=1S/C24H28N6O4/c1-4-21(23-26-27-28-30(23)15-22(31)33-5-2)29(14-19-7-6-10-34-19)13-18-12-17-11-16(3)8-9-20(17)25-24(18)32/h6-12,21H,4-5,13-15H2,1-3H3,(H,25,32). The summed E-state index contributed by atoms with van der Waals surface area (Å²) < 4.78 is 12.1. The Morgan fingerprint density at radius 2 is 2.09 bits per heavy atom. The Morgan fingerprint density at radius 1 is 1.24 bits per heavy atom. The zero-order chi connectivity index (χ0) is 24.1. The van der Waals surface area contributed by atoms with Crippen molar-refractivity contribution in [2.24, 2.45) is 0 Å². The Balaban J connectivity index is 1.70. The lowest BCUT2D eigenvalue weighted by Gasteiger charge is -2.29. The molecule has 0 spiro atoms. The quantitative estimate of drug-likeness (QED) is 0.356. The van der Waals surface area contributed by atoms with Crippen LogP contribution < -0.4 is 5.56 Å². The molecule has 1 N–H and O–H groups in total. The number of carbonyl (C=O) groups is 1. The number of hydrogen-bond acceptors (Lipinski definition) is 8. The average Bonchev–Trinajstić information content (AvgIpc) is 3.48. The first-order valence-electron chi connectivity index (χ1n) is 11.3. The molecule has 178 valence electrons. The van der Waals surface area contributed by atoms with Crippen LogP contribution in [0.1, 0.15) is 49.0 Å². The van der Waals surface area contributed by atoms with E-state index in [9.17, 15) is 9.59 Å². The number of carbonyl (C=O) groups excluding carboxylic acids is 1. The van der Waals surface area contributed by atoms with Crippen molar-refractivity contribution in [3.63, 3.8) is 0 Å². The molecule has 0 radical (unpaired) electrons. The van der Waals surface area contributed by atoms with Crippen LogP contribution in [-0.4, -0.2) is 42.7 Å². The lowest BCUT2D eigenvalue weighted by atomic mass is 10.1. The molecule has 0 aliphatic heterocycles. The molecule has 1 atom stereocenters. The molecule has 10 heteroatoms. The first kappa shape index (κ1) is 23.4. The second-order valence-corrected chi connectivity index (χ2v) is 8.12. The Morgan fingerprint density at radius 3 is 2.82 bits per heavy atom. The van der Waals surface area contributed by atoms with Gasteiger partial charge in [0, 0.05) is 17.6 Å². The third kappa shape index (κ3) is 5.23. The number of aryl methyl sites for hydroxylation is 1. The molecule has 0 saturated heterocycles. The number of hydrogen-bond donors (Lipinski definition) is 1. The summed E-state index contributed by atoms with van der Waals surface area (Å²) in [6.07, 6.45) is 2.26. The lowest BCUT2D eigenvalue weighted by molar-refractivity contribution is -0.144. The molecule has 4 rings (SSSR count). The fourth-order valence-electron chi connectivity index (χ4n) is 4.08. The maximum absolute atomic E-state index is 12.9. The smallest absolute Gasteiger partial charge is 0.327 e. The Labute approximate surface area is 196 Å². The first-order valence-corrected chi connectivity index (χ1v) is 11.3. The third-order valence-electron chi connectivity index (χ3n) is 5.66. The molecule has 0 amide bonds. The maximum Gasteiger partial charge on any atom is 0.327 e. The van der Waals surface area contributed by atoms with Crippen LogP contribution in [0, 0.1) is 6.92 Å². The van der Waals surface area contributed by atoms with Crippen LogP contribution >= 0.6 is 0 Å². The minimum atomic E-state index is -0.412. The van der Waals surface area contributed by atoms with Gasteiger partial charge in [-0.05, 0) is 66.4 Å². The summed E-state index contributed by atoms with van der Waals surface area (Å²) in [5.74, 6) is 0.857. The number of benzene rings is 1. The van der Waals surface area contributed by atoms with Crippen LogP contribution in [0.5, 0.6) is 0 Å². The summed E-state index contributed by atoms with van der Waals surface area (Å²) in [4.78, 5) is 30.1. The topological polar surface area (TPSA) is 119 Å². The number of aromatic nitrogens is 5. The summed E-state index contributed by atoms with van der Waals surface area (Å²) in [5.41, 5.74) is 2.37. The molecule has 0 saturated carbocycles. The highest BCUT2D eigenvalue weighted by molar-refractivity contribution is 5.79. The summed E-state index contributed by atoms with van der Waals surface area (Å²) in [7, 11) is 0. The van der Waals surface area contributed by atoms with Crippen LogP contribution in [0.25, 0.3) is 10.9 Å². The highest BCUT2D eigenvalue weighted by Crippen LogP contribution is 2.26. The van der Waals surface area contributed by atoms with Crippen LogP contribution in [0.4, 0.5) is 0 Å². The lowest BCUT2D eigenvalue weighted by Crippen LogP contribution is -2.32. The Kier molecular flexibility index (Phi) is 7.17. The monoisotopic (exact) mass is 464 g/mol. The van der Waals surface area contributed by atoms with E-state index in [2.05, 4.69) is 25.4 Å². The second-order valence-electron chi connectivity index (χ2n) is 8.12. The van der Waals surface area contributed by atoms with Gasteiger partial charge in [-0.15, -0.1) is 5.10 Å². The van der Waals surface area contributed by atoms with Crippen molar-refractivity contribution in [2.75, 3.05) is 6.61 Å². The number of nitrogens with one attached hydrogen (secondary N) is 1. The summed E-state index contributed by atoms with van der Waals surface area (Å²) in [5, 5.41) is 13.0. The number of rotatable bonds is 10. The molecule has 0 fully saturated rings. The van der Waals surface area contributed by atoms with Crippen molar-refractivity contribution >= 4 is 16.9 Å². The van der Waals surface area contributed by atoms with Gasteiger partial charge in [-0.3, -0.25) is 14.5 Å². The fourth-order valence-corrected chi connectivity index (χ4v) is 4.08. The molecule has 0 bridgehead atoms. The summed E-state index contributed by atoms with van der Waals surface area (Å²) in [6, 6.07) is 11.3. The van der Waals surface area contributed by atoms with Gasteiger partial charge >= 0.3 is 5.97 Å². The molecule has 34 heavy (non-hydrogen) atoms. The molecule has 3 aromatic heterocycles. The first-order chi connectivity index (χ1) is 16.5. The number of nitrogens with zero attached hydrogens (tertiary/aromatic N) is 5. The van der Waals surface area contributed by atoms with E-state index in [0.717, 1.165) is 22.2 Å². The van der Waals surface area contributed by atoms with E-state index in [-0.39, 0.29) is 24.8 Å². The van der Waals surface area contributed by atoms with Crippen molar-refractivity contribution in [1.29, 1.82) is 0 Å².